The summed E-state index contributed by atoms with van der Waals surface area (Å²) in [4.78, 5) is 12.0. The minimum atomic E-state index is -0.545. The zero-order valence-electron chi connectivity index (χ0n) is 17.2. The Balaban J connectivity index is 1.56. The van der Waals surface area contributed by atoms with Crippen LogP contribution in [0.2, 0.25) is 5.02 Å². The van der Waals surface area contributed by atoms with Crippen molar-refractivity contribution < 1.29 is 9.28 Å². The van der Waals surface area contributed by atoms with E-state index in [2.05, 4.69) is 23.4 Å². The van der Waals surface area contributed by atoms with Crippen molar-refractivity contribution in [2.24, 2.45) is 11.7 Å². The van der Waals surface area contributed by atoms with Crippen molar-refractivity contribution in [3.8, 4) is 6.07 Å². The Morgan fingerprint density at radius 3 is 2.67 bits per heavy atom. The first-order chi connectivity index (χ1) is 14.5. The highest BCUT2D eigenvalue weighted by molar-refractivity contribution is 6.30. The number of anilines is 2. The van der Waals surface area contributed by atoms with Gasteiger partial charge in [0.25, 0.3) is 5.91 Å². The fraction of sp³-hybridized carbons (Fsp3) is 0.500. The number of benzene rings is 1. The van der Waals surface area contributed by atoms with Crippen LogP contribution < -0.4 is 11.1 Å². The molecule has 30 heavy (non-hydrogen) atoms. The molecule has 0 spiro atoms. The number of nitriles is 1. The average Bonchev–Trinajstić information content (AvgIpc) is 3.13. The van der Waals surface area contributed by atoms with Gasteiger partial charge in [-0.15, -0.1) is 0 Å². The molecule has 3 unspecified atom stereocenters. The van der Waals surface area contributed by atoms with Crippen LogP contribution in [0.4, 0.5) is 11.5 Å². The lowest BCUT2D eigenvalue weighted by atomic mass is 9.79. The fourth-order valence-electron chi connectivity index (χ4n) is 5.09. The normalized spacial score (nSPS) is 25.2. The van der Waals surface area contributed by atoms with Crippen molar-refractivity contribution in [2.45, 2.75) is 44.7 Å². The van der Waals surface area contributed by atoms with Crippen LogP contribution in [0.5, 0.6) is 0 Å². The third-order valence-corrected chi connectivity index (χ3v) is 7.26. The van der Waals surface area contributed by atoms with Gasteiger partial charge in [0, 0.05) is 36.2 Å². The highest BCUT2D eigenvalue weighted by Crippen LogP contribution is 2.41. The second-order valence-electron chi connectivity index (χ2n) is 8.47. The molecule has 2 heterocycles. The Hall–Kier alpha value is -2.56. The quantitative estimate of drug-likeness (QED) is 0.684. The van der Waals surface area contributed by atoms with Crippen LogP contribution in [-0.2, 0) is 0 Å². The van der Waals surface area contributed by atoms with Crippen molar-refractivity contribution in [2.75, 3.05) is 25.0 Å². The molecule has 0 bridgehead atoms. The minimum absolute atomic E-state index is 0.0525. The molecular weight excluding hydrogens is 400 g/mol. The van der Waals surface area contributed by atoms with E-state index in [1.165, 1.54) is 19.5 Å². The molecule has 1 aliphatic heterocycles. The fourth-order valence-corrected chi connectivity index (χ4v) is 5.22. The summed E-state index contributed by atoms with van der Waals surface area (Å²) in [6.45, 7) is 5.85. The first-order valence-electron chi connectivity index (χ1n) is 10.6. The summed E-state index contributed by atoms with van der Waals surface area (Å²) in [6.07, 6.45) is 5.79. The molecule has 1 aliphatic carbocycles. The Morgan fingerprint density at radius 1 is 1.37 bits per heavy atom. The van der Waals surface area contributed by atoms with Crippen molar-refractivity contribution in [3.63, 3.8) is 0 Å². The molecule has 1 aromatic heterocycles. The molecule has 7 nitrogen and oxygen atoms in total. The number of likely N-dealkylation sites (tertiary alicyclic amines) is 1. The standard InChI is InChI=1S/C22H27ClN6O/c1-2-29(10-3-11-29)18-8-9-20(15(12-18)13-24)28-14-19(21(25)30)22(27-28)26-17-6-4-16(23)5-7-17/h4-7,14-15,18,20H,2-3,8-12H2,1H3,(H2-,25,26,27,30)/p+1. The third kappa shape index (κ3) is 3.78. The van der Waals surface area contributed by atoms with E-state index in [1.54, 1.807) is 23.0 Å². The van der Waals surface area contributed by atoms with E-state index in [9.17, 15) is 10.1 Å². The van der Waals surface area contributed by atoms with Crippen LogP contribution in [0.1, 0.15) is 49.0 Å². The molecule has 4 rings (SSSR count). The van der Waals surface area contributed by atoms with Gasteiger partial charge in [0.2, 0.25) is 0 Å². The molecule has 8 heteroatoms. The van der Waals surface area contributed by atoms with Crippen molar-refractivity contribution >= 4 is 29.0 Å². The van der Waals surface area contributed by atoms with E-state index in [-0.39, 0.29) is 12.0 Å². The molecular formula is C22H28ClN6O+. The Kier molecular flexibility index (Phi) is 5.72. The molecule has 3 N–H and O–H groups in total. The molecule has 2 aromatic rings. The van der Waals surface area contributed by atoms with Gasteiger partial charge in [-0.1, -0.05) is 11.6 Å². The first kappa shape index (κ1) is 20.7. The molecule has 2 aliphatic rings. The lowest BCUT2D eigenvalue weighted by Gasteiger charge is -2.53. The number of aromatic nitrogens is 2. The smallest absolute Gasteiger partial charge is 0.254 e. The maximum atomic E-state index is 12.0. The molecule has 158 valence electrons. The number of hydrogen-bond donors (Lipinski definition) is 2. The number of amides is 1. The van der Waals surface area contributed by atoms with Crippen LogP contribution >= 0.6 is 11.6 Å². The SMILES string of the molecule is CC[N+]1(C2CCC(n3cc(C(N)=O)c(Nc4ccc(Cl)cc4)n3)C(C#N)C2)CCC1. The minimum Gasteiger partial charge on any atom is -0.365 e. The summed E-state index contributed by atoms with van der Waals surface area (Å²) in [5.41, 5.74) is 6.69. The number of nitrogens with one attached hydrogen (secondary N) is 1. The predicted molar refractivity (Wildman–Crippen MR) is 116 cm³/mol. The Morgan fingerprint density at radius 2 is 2.10 bits per heavy atom. The molecule has 3 atom stereocenters. The second-order valence-corrected chi connectivity index (χ2v) is 8.91. The average molecular weight is 428 g/mol. The topological polar surface area (TPSA) is 96.7 Å². The number of nitrogens with two attached hydrogens (primary N) is 1. The zero-order chi connectivity index (χ0) is 21.3. The first-order valence-corrected chi connectivity index (χ1v) is 11.0. The molecule has 1 saturated heterocycles. The molecule has 1 amide bonds. The summed E-state index contributed by atoms with van der Waals surface area (Å²) in [5, 5.41) is 18.3. The van der Waals surface area contributed by atoms with Gasteiger partial charge >= 0.3 is 0 Å². The summed E-state index contributed by atoms with van der Waals surface area (Å²) < 4.78 is 2.93. The maximum absolute atomic E-state index is 12.0. The lowest BCUT2D eigenvalue weighted by Crippen LogP contribution is -2.64. The monoisotopic (exact) mass is 427 g/mol. The molecule has 2 fully saturated rings. The summed E-state index contributed by atoms with van der Waals surface area (Å²) in [5.74, 6) is -0.269. The number of carbonyl (C=O) groups is 1. The molecule has 0 radical (unpaired) electrons. The van der Waals surface area contributed by atoms with Gasteiger partial charge in [-0.3, -0.25) is 9.48 Å². The molecule has 1 saturated carbocycles. The number of carbonyl (C=O) groups excluding carboxylic acids is 1. The highest BCUT2D eigenvalue weighted by Gasteiger charge is 2.46. The summed E-state index contributed by atoms with van der Waals surface area (Å²) >= 11 is 5.95. The predicted octanol–water partition coefficient (Wildman–Crippen LogP) is 3.85. The van der Waals surface area contributed by atoms with E-state index < -0.39 is 5.91 Å². The number of halogens is 1. The van der Waals surface area contributed by atoms with Crippen LogP contribution in [0.25, 0.3) is 0 Å². The van der Waals surface area contributed by atoms with Crippen LogP contribution in [0.3, 0.4) is 0 Å². The number of rotatable bonds is 6. The van der Waals surface area contributed by atoms with E-state index in [4.69, 9.17) is 17.3 Å². The van der Waals surface area contributed by atoms with E-state index in [0.717, 1.165) is 36.0 Å². The summed E-state index contributed by atoms with van der Waals surface area (Å²) in [7, 11) is 0. The van der Waals surface area contributed by atoms with Gasteiger partial charge in [0.05, 0.1) is 43.7 Å². The number of primary amides is 1. The van der Waals surface area contributed by atoms with E-state index in [1.807, 2.05) is 12.1 Å². The van der Waals surface area contributed by atoms with Crippen molar-refractivity contribution in [3.05, 3.63) is 41.0 Å². The third-order valence-electron chi connectivity index (χ3n) is 7.01. The van der Waals surface area contributed by atoms with Crippen LogP contribution in [0.15, 0.2) is 30.5 Å². The van der Waals surface area contributed by atoms with E-state index in [0.29, 0.717) is 22.4 Å². The van der Waals surface area contributed by atoms with Gasteiger partial charge in [-0.05, 0) is 37.6 Å². The number of hydrogen-bond acceptors (Lipinski definition) is 4. The summed E-state index contributed by atoms with van der Waals surface area (Å²) in [6, 6.07) is 10.2. The van der Waals surface area contributed by atoms with Gasteiger partial charge in [-0.25, -0.2) is 0 Å². The highest BCUT2D eigenvalue weighted by atomic mass is 35.5. The lowest BCUT2D eigenvalue weighted by molar-refractivity contribution is -0.985. The van der Waals surface area contributed by atoms with Crippen LogP contribution in [-0.4, -0.2) is 45.8 Å². The van der Waals surface area contributed by atoms with E-state index >= 15 is 0 Å². The largest absolute Gasteiger partial charge is 0.365 e. The van der Waals surface area contributed by atoms with Gasteiger partial charge in [0.15, 0.2) is 5.82 Å². The van der Waals surface area contributed by atoms with Crippen molar-refractivity contribution in [1.82, 2.24) is 9.78 Å². The second kappa shape index (κ2) is 8.29. The van der Waals surface area contributed by atoms with Gasteiger partial charge in [-0.2, -0.15) is 10.4 Å². The zero-order valence-corrected chi connectivity index (χ0v) is 18.0. The number of quaternary nitrogens is 1. The maximum Gasteiger partial charge on any atom is 0.254 e. The molecule has 1 aromatic carbocycles. The van der Waals surface area contributed by atoms with Gasteiger partial charge in [0.1, 0.15) is 5.56 Å². The van der Waals surface area contributed by atoms with Gasteiger partial charge < -0.3 is 15.5 Å². The Bertz CT molecular complexity index is 953. The Labute approximate surface area is 182 Å². The number of nitrogens with zero attached hydrogens (tertiary/aromatic N) is 4. The van der Waals surface area contributed by atoms with Crippen molar-refractivity contribution in [1.29, 1.82) is 5.26 Å². The van der Waals surface area contributed by atoms with Crippen LogP contribution in [0, 0.1) is 17.2 Å².